The van der Waals surface area contributed by atoms with Crippen LogP contribution in [-0.2, 0) is 16.1 Å². The topological polar surface area (TPSA) is 62.8 Å². The van der Waals surface area contributed by atoms with E-state index in [0.717, 1.165) is 70.1 Å². The number of piperidine rings is 1. The molecule has 0 spiro atoms. The van der Waals surface area contributed by atoms with Gasteiger partial charge in [0.2, 0.25) is 5.91 Å². The van der Waals surface area contributed by atoms with E-state index in [1.54, 1.807) is 0 Å². The molecule has 2 aliphatic rings. The lowest BCUT2D eigenvalue weighted by atomic mass is 9.97. The maximum absolute atomic E-state index is 12.2. The summed E-state index contributed by atoms with van der Waals surface area (Å²) >= 11 is 0. The lowest BCUT2D eigenvalue weighted by Gasteiger charge is -2.26. The van der Waals surface area contributed by atoms with Crippen molar-refractivity contribution >= 4 is 5.91 Å². The largest absolute Gasteiger partial charge is 0.492 e. The van der Waals surface area contributed by atoms with Crippen LogP contribution in [-0.4, -0.2) is 63.4 Å². The van der Waals surface area contributed by atoms with Crippen molar-refractivity contribution in [3.63, 3.8) is 0 Å². The smallest absolute Gasteiger partial charge is 0.223 e. The highest BCUT2D eigenvalue weighted by molar-refractivity contribution is 5.78. The van der Waals surface area contributed by atoms with Gasteiger partial charge in [0.25, 0.3) is 0 Å². The number of carbonyl (C=O) groups is 1. The molecule has 0 radical (unpaired) electrons. The first-order valence-corrected chi connectivity index (χ1v) is 9.31. The molecule has 0 unspecified atom stereocenters. The van der Waals surface area contributed by atoms with Crippen molar-refractivity contribution in [1.82, 2.24) is 15.5 Å². The van der Waals surface area contributed by atoms with E-state index in [1.165, 1.54) is 0 Å². The second-order valence-electron chi connectivity index (χ2n) is 6.69. The van der Waals surface area contributed by atoms with Gasteiger partial charge in [-0.2, -0.15) is 0 Å². The van der Waals surface area contributed by atoms with Gasteiger partial charge >= 0.3 is 0 Å². The average Bonchev–Trinajstić information content (AvgIpc) is 2.68. The Kier molecular flexibility index (Phi) is 7.09. The van der Waals surface area contributed by atoms with Crippen LogP contribution in [0.2, 0.25) is 0 Å². The predicted molar refractivity (Wildman–Crippen MR) is 96.6 cm³/mol. The molecule has 6 heteroatoms. The first kappa shape index (κ1) is 18.2. The molecule has 1 aromatic carbocycles. The molecule has 0 aromatic heterocycles. The van der Waals surface area contributed by atoms with E-state index in [-0.39, 0.29) is 11.8 Å². The minimum Gasteiger partial charge on any atom is -0.492 e. The molecule has 2 aliphatic heterocycles. The molecule has 1 amide bonds. The second-order valence-corrected chi connectivity index (χ2v) is 6.69. The van der Waals surface area contributed by atoms with E-state index in [1.807, 2.05) is 24.3 Å². The zero-order chi connectivity index (χ0) is 17.3. The fourth-order valence-corrected chi connectivity index (χ4v) is 3.28. The number of hydrogen-bond acceptors (Lipinski definition) is 5. The molecular weight excluding hydrogens is 318 g/mol. The van der Waals surface area contributed by atoms with Crippen molar-refractivity contribution in [1.29, 1.82) is 0 Å². The molecule has 0 aliphatic carbocycles. The molecule has 0 atom stereocenters. The zero-order valence-electron chi connectivity index (χ0n) is 14.8. The minimum atomic E-state index is 0.147. The third kappa shape index (κ3) is 5.99. The van der Waals surface area contributed by atoms with Gasteiger partial charge in [-0.3, -0.25) is 9.69 Å². The van der Waals surface area contributed by atoms with Crippen LogP contribution in [0.3, 0.4) is 0 Å². The fraction of sp³-hybridized carbons (Fsp3) is 0.632. The van der Waals surface area contributed by atoms with Crippen LogP contribution in [0, 0.1) is 5.92 Å². The summed E-state index contributed by atoms with van der Waals surface area (Å²) in [6.45, 7) is 7.60. The molecule has 2 N–H and O–H groups in total. The van der Waals surface area contributed by atoms with Crippen LogP contribution in [0.15, 0.2) is 24.3 Å². The van der Waals surface area contributed by atoms with Gasteiger partial charge in [0.15, 0.2) is 0 Å². The SMILES string of the molecule is O=C(NCc1cccc(OCCN2CCOCC2)c1)C1CCNCC1. The molecule has 0 bridgehead atoms. The highest BCUT2D eigenvalue weighted by Crippen LogP contribution is 2.15. The quantitative estimate of drug-likeness (QED) is 0.771. The summed E-state index contributed by atoms with van der Waals surface area (Å²) < 4.78 is 11.2. The lowest BCUT2D eigenvalue weighted by Crippen LogP contribution is -2.38. The number of amides is 1. The summed E-state index contributed by atoms with van der Waals surface area (Å²) in [5.74, 6) is 1.18. The monoisotopic (exact) mass is 347 g/mol. The molecule has 3 rings (SSSR count). The molecular formula is C19H29N3O3. The van der Waals surface area contributed by atoms with E-state index in [2.05, 4.69) is 15.5 Å². The Morgan fingerprint density at radius 1 is 1.28 bits per heavy atom. The predicted octanol–water partition coefficient (Wildman–Crippen LogP) is 1.01. The first-order valence-electron chi connectivity index (χ1n) is 9.31. The molecule has 2 heterocycles. The third-order valence-corrected chi connectivity index (χ3v) is 4.86. The Morgan fingerprint density at radius 3 is 2.88 bits per heavy atom. The third-order valence-electron chi connectivity index (χ3n) is 4.86. The van der Waals surface area contributed by atoms with Gasteiger partial charge in [0, 0.05) is 32.1 Å². The van der Waals surface area contributed by atoms with E-state index in [4.69, 9.17) is 9.47 Å². The number of morpholine rings is 1. The molecule has 2 fully saturated rings. The highest BCUT2D eigenvalue weighted by atomic mass is 16.5. The summed E-state index contributed by atoms with van der Waals surface area (Å²) in [6.07, 6.45) is 1.85. The van der Waals surface area contributed by atoms with Gasteiger partial charge in [-0.25, -0.2) is 0 Å². The molecule has 2 saturated heterocycles. The first-order chi connectivity index (χ1) is 12.3. The van der Waals surface area contributed by atoms with Gasteiger partial charge in [-0.1, -0.05) is 12.1 Å². The highest BCUT2D eigenvalue weighted by Gasteiger charge is 2.20. The van der Waals surface area contributed by atoms with Crippen LogP contribution in [0.25, 0.3) is 0 Å². The number of hydrogen-bond donors (Lipinski definition) is 2. The van der Waals surface area contributed by atoms with Gasteiger partial charge in [-0.15, -0.1) is 0 Å². The van der Waals surface area contributed by atoms with Gasteiger partial charge in [0.1, 0.15) is 12.4 Å². The number of ether oxygens (including phenoxy) is 2. The molecule has 0 saturated carbocycles. The maximum atomic E-state index is 12.2. The average molecular weight is 347 g/mol. The lowest BCUT2D eigenvalue weighted by molar-refractivity contribution is -0.125. The Hall–Kier alpha value is -1.63. The molecule has 25 heavy (non-hydrogen) atoms. The van der Waals surface area contributed by atoms with E-state index in [9.17, 15) is 4.79 Å². The Morgan fingerprint density at radius 2 is 2.08 bits per heavy atom. The summed E-state index contributed by atoms with van der Waals surface area (Å²) in [7, 11) is 0. The van der Waals surface area contributed by atoms with Gasteiger partial charge in [0.05, 0.1) is 13.2 Å². The normalized spacial score (nSPS) is 19.5. The summed E-state index contributed by atoms with van der Waals surface area (Å²) in [4.78, 5) is 14.6. The van der Waals surface area contributed by atoms with Crippen LogP contribution < -0.4 is 15.4 Å². The summed E-state index contributed by atoms with van der Waals surface area (Å²) in [5, 5.41) is 6.35. The van der Waals surface area contributed by atoms with Gasteiger partial charge in [-0.05, 0) is 43.6 Å². The summed E-state index contributed by atoms with van der Waals surface area (Å²) in [6, 6.07) is 7.99. The van der Waals surface area contributed by atoms with E-state index in [0.29, 0.717) is 13.2 Å². The summed E-state index contributed by atoms with van der Waals surface area (Å²) in [5.41, 5.74) is 1.08. The van der Waals surface area contributed by atoms with Crippen LogP contribution in [0.4, 0.5) is 0 Å². The number of carbonyl (C=O) groups excluding carboxylic acids is 1. The van der Waals surface area contributed by atoms with Crippen molar-refractivity contribution in [2.75, 3.05) is 52.5 Å². The maximum Gasteiger partial charge on any atom is 0.223 e. The van der Waals surface area contributed by atoms with Crippen molar-refractivity contribution < 1.29 is 14.3 Å². The number of nitrogens with one attached hydrogen (secondary N) is 2. The van der Waals surface area contributed by atoms with Crippen molar-refractivity contribution in [2.45, 2.75) is 19.4 Å². The Balaban J connectivity index is 1.40. The number of benzene rings is 1. The van der Waals surface area contributed by atoms with Crippen LogP contribution in [0.5, 0.6) is 5.75 Å². The molecule has 138 valence electrons. The zero-order valence-corrected chi connectivity index (χ0v) is 14.8. The van der Waals surface area contributed by atoms with Crippen LogP contribution >= 0.6 is 0 Å². The number of nitrogens with zero attached hydrogens (tertiary/aromatic N) is 1. The Bertz CT molecular complexity index is 540. The van der Waals surface area contributed by atoms with Crippen molar-refractivity contribution in [3.8, 4) is 5.75 Å². The molecule has 1 aromatic rings. The Labute approximate surface area is 149 Å². The van der Waals surface area contributed by atoms with E-state index < -0.39 is 0 Å². The van der Waals surface area contributed by atoms with Crippen molar-refractivity contribution in [2.24, 2.45) is 5.92 Å². The second kappa shape index (κ2) is 9.75. The fourth-order valence-electron chi connectivity index (χ4n) is 3.28. The number of rotatable bonds is 7. The molecule has 6 nitrogen and oxygen atoms in total. The van der Waals surface area contributed by atoms with Gasteiger partial charge < -0.3 is 20.1 Å². The van der Waals surface area contributed by atoms with E-state index >= 15 is 0 Å². The standard InChI is InChI=1S/C19H29N3O3/c23-19(17-4-6-20-7-5-17)21-15-16-2-1-3-18(14-16)25-13-10-22-8-11-24-12-9-22/h1-3,14,17,20H,4-13,15H2,(H,21,23). The minimum absolute atomic E-state index is 0.147. The van der Waals surface area contributed by atoms with Crippen molar-refractivity contribution in [3.05, 3.63) is 29.8 Å². The van der Waals surface area contributed by atoms with Crippen LogP contribution in [0.1, 0.15) is 18.4 Å².